The van der Waals surface area contributed by atoms with Crippen LogP contribution < -0.4 is 10.6 Å². The van der Waals surface area contributed by atoms with Gasteiger partial charge in [0.05, 0.1) is 11.8 Å². The first kappa shape index (κ1) is 16.4. The van der Waals surface area contributed by atoms with Crippen molar-refractivity contribution in [3.05, 3.63) is 66.5 Å². The Morgan fingerprint density at radius 2 is 2.20 bits per heavy atom. The van der Waals surface area contributed by atoms with E-state index in [4.69, 9.17) is 4.42 Å². The highest BCUT2D eigenvalue weighted by molar-refractivity contribution is 5.97. The molecule has 3 aromatic heterocycles. The summed E-state index contributed by atoms with van der Waals surface area (Å²) in [6, 6.07) is 6.31. The molecule has 0 spiro atoms. The number of aromatic nitrogens is 3. The van der Waals surface area contributed by atoms with Gasteiger partial charge in [0.25, 0.3) is 5.91 Å². The fourth-order valence-electron chi connectivity index (χ4n) is 2.18. The molecule has 0 aliphatic rings. The molecule has 8 nitrogen and oxygen atoms in total. The first-order valence-electron chi connectivity index (χ1n) is 7.69. The molecule has 3 aromatic rings. The van der Waals surface area contributed by atoms with Gasteiger partial charge in [0, 0.05) is 25.1 Å². The molecule has 0 saturated heterocycles. The van der Waals surface area contributed by atoms with Gasteiger partial charge in [-0.15, -0.1) is 0 Å². The Bertz CT molecular complexity index is 843. The van der Waals surface area contributed by atoms with Crippen molar-refractivity contribution < 1.29 is 14.0 Å². The molecule has 0 aromatic carbocycles. The second-order valence-electron chi connectivity index (χ2n) is 5.40. The van der Waals surface area contributed by atoms with E-state index in [1.54, 1.807) is 36.3 Å². The number of rotatable bonds is 6. The zero-order valence-electron chi connectivity index (χ0n) is 13.5. The molecular weight excluding hydrogens is 322 g/mol. The summed E-state index contributed by atoms with van der Waals surface area (Å²) in [5.41, 5.74) is 1.25. The third kappa shape index (κ3) is 4.11. The Morgan fingerprint density at radius 1 is 1.32 bits per heavy atom. The van der Waals surface area contributed by atoms with E-state index in [9.17, 15) is 9.59 Å². The topological polar surface area (TPSA) is 102 Å². The summed E-state index contributed by atoms with van der Waals surface area (Å²) in [6.45, 7) is 1.94. The Kier molecular flexibility index (Phi) is 4.89. The van der Waals surface area contributed by atoms with E-state index in [0.29, 0.717) is 17.9 Å². The molecule has 0 aliphatic carbocycles. The van der Waals surface area contributed by atoms with Crippen LogP contribution in [0.1, 0.15) is 22.8 Å². The lowest BCUT2D eigenvalue weighted by atomic mass is 10.2. The molecule has 0 radical (unpaired) electrons. The van der Waals surface area contributed by atoms with Gasteiger partial charge in [-0.05, 0) is 36.8 Å². The highest BCUT2D eigenvalue weighted by atomic mass is 16.3. The van der Waals surface area contributed by atoms with Crippen LogP contribution in [0, 0.1) is 0 Å². The van der Waals surface area contributed by atoms with Crippen LogP contribution in [0.15, 0.2) is 59.8 Å². The van der Waals surface area contributed by atoms with E-state index in [2.05, 4.69) is 20.7 Å². The number of hydrogen-bond donors (Lipinski definition) is 2. The van der Waals surface area contributed by atoms with E-state index in [1.165, 1.54) is 18.6 Å². The normalized spacial score (nSPS) is 11.7. The molecule has 8 heteroatoms. The minimum Gasteiger partial charge on any atom is -0.472 e. The number of nitrogens with zero attached hydrogens (tertiary/aromatic N) is 3. The van der Waals surface area contributed by atoms with E-state index >= 15 is 0 Å². The monoisotopic (exact) mass is 339 g/mol. The van der Waals surface area contributed by atoms with Crippen LogP contribution in [0.2, 0.25) is 0 Å². The molecule has 25 heavy (non-hydrogen) atoms. The predicted octanol–water partition coefficient (Wildman–Crippen LogP) is 1.29. The van der Waals surface area contributed by atoms with Crippen molar-refractivity contribution in [1.29, 1.82) is 0 Å². The van der Waals surface area contributed by atoms with Crippen molar-refractivity contribution in [2.75, 3.05) is 0 Å². The summed E-state index contributed by atoms with van der Waals surface area (Å²) >= 11 is 0. The number of nitrogens with one attached hydrogen (secondary N) is 2. The third-order valence-electron chi connectivity index (χ3n) is 3.54. The van der Waals surface area contributed by atoms with Crippen molar-refractivity contribution >= 4 is 11.8 Å². The minimum absolute atomic E-state index is 0.283. The number of pyridine rings is 1. The number of carbonyl (C=O) groups is 2. The van der Waals surface area contributed by atoms with E-state index < -0.39 is 6.04 Å². The number of furan rings is 1. The summed E-state index contributed by atoms with van der Waals surface area (Å²) in [6.07, 6.45) is 7.84. The Labute approximate surface area is 143 Å². The molecule has 1 atom stereocenters. The first-order valence-corrected chi connectivity index (χ1v) is 7.69. The standard InChI is InChI=1S/C17H17N5O3/c1-12(21-17(24)14-4-8-25-11-14)16(23)19-10-13-3-6-18-15(9-13)22-7-2-5-20-22/h2-9,11-12H,10H2,1H3,(H,19,23)(H,21,24). The molecule has 2 N–H and O–H groups in total. The molecular formula is C17H17N5O3. The summed E-state index contributed by atoms with van der Waals surface area (Å²) in [5.74, 6) is 0.0219. The first-order chi connectivity index (χ1) is 12.1. The van der Waals surface area contributed by atoms with Crippen molar-refractivity contribution in [2.24, 2.45) is 0 Å². The molecule has 0 fully saturated rings. The van der Waals surface area contributed by atoms with Crippen LogP contribution in [0.3, 0.4) is 0 Å². The van der Waals surface area contributed by atoms with Crippen molar-refractivity contribution in [2.45, 2.75) is 19.5 Å². The van der Waals surface area contributed by atoms with Crippen LogP contribution in [0.25, 0.3) is 5.82 Å². The molecule has 128 valence electrons. The summed E-state index contributed by atoms with van der Waals surface area (Å²) < 4.78 is 6.49. The molecule has 3 rings (SSSR count). The third-order valence-corrected chi connectivity index (χ3v) is 3.54. The minimum atomic E-state index is -0.671. The lowest BCUT2D eigenvalue weighted by molar-refractivity contribution is -0.122. The zero-order chi connectivity index (χ0) is 17.6. The largest absolute Gasteiger partial charge is 0.472 e. The van der Waals surface area contributed by atoms with Gasteiger partial charge in [-0.2, -0.15) is 5.10 Å². The fourth-order valence-corrected chi connectivity index (χ4v) is 2.18. The van der Waals surface area contributed by atoms with Crippen molar-refractivity contribution in [1.82, 2.24) is 25.4 Å². The average Bonchev–Trinajstić information content (AvgIpc) is 3.33. The van der Waals surface area contributed by atoms with Gasteiger partial charge in [-0.3, -0.25) is 9.59 Å². The van der Waals surface area contributed by atoms with Crippen molar-refractivity contribution in [3.8, 4) is 5.82 Å². The van der Waals surface area contributed by atoms with Crippen LogP contribution in [-0.4, -0.2) is 32.6 Å². The zero-order valence-corrected chi connectivity index (χ0v) is 13.5. The second-order valence-corrected chi connectivity index (χ2v) is 5.40. The van der Waals surface area contributed by atoms with Crippen LogP contribution in [-0.2, 0) is 11.3 Å². The maximum absolute atomic E-state index is 12.2. The van der Waals surface area contributed by atoms with Gasteiger partial charge in [0.2, 0.25) is 5.91 Å². The lowest BCUT2D eigenvalue weighted by Crippen LogP contribution is -2.44. The molecule has 0 saturated carbocycles. The lowest BCUT2D eigenvalue weighted by Gasteiger charge is -2.14. The molecule has 3 heterocycles. The quantitative estimate of drug-likeness (QED) is 0.705. The maximum atomic E-state index is 12.2. The fraction of sp³-hybridized carbons (Fsp3) is 0.176. The summed E-state index contributed by atoms with van der Waals surface area (Å²) in [7, 11) is 0. The summed E-state index contributed by atoms with van der Waals surface area (Å²) in [4.78, 5) is 28.3. The van der Waals surface area contributed by atoms with Gasteiger partial charge in [0.15, 0.2) is 5.82 Å². The van der Waals surface area contributed by atoms with Gasteiger partial charge >= 0.3 is 0 Å². The highest BCUT2D eigenvalue weighted by Crippen LogP contribution is 2.06. The molecule has 1 unspecified atom stereocenters. The predicted molar refractivity (Wildman–Crippen MR) is 88.8 cm³/mol. The van der Waals surface area contributed by atoms with Crippen molar-refractivity contribution in [3.63, 3.8) is 0 Å². The Morgan fingerprint density at radius 3 is 2.92 bits per heavy atom. The van der Waals surface area contributed by atoms with Crippen LogP contribution in [0.4, 0.5) is 0 Å². The maximum Gasteiger partial charge on any atom is 0.255 e. The molecule has 0 bridgehead atoms. The van der Waals surface area contributed by atoms with Gasteiger partial charge in [0.1, 0.15) is 12.3 Å². The Hall–Kier alpha value is -3.42. The summed E-state index contributed by atoms with van der Waals surface area (Å²) in [5, 5.41) is 9.52. The number of carbonyl (C=O) groups excluding carboxylic acids is 2. The van der Waals surface area contributed by atoms with Gasteiger partial charge in [-0.1, -0.05) is 0 Å². The smallest absolute Gasteiger partial charge is 0.255 e. The SMILES string of the molecule is CC(NC(=O)c1ccoc1)C(=O)NCc1ccnc(-n2cccn2)c1. The van der Waals surface area contributed by atoms with E-state index in [1.807, 2.05) is 12.1 Å². The van der Waals surface area contributed by atoms with E-state index in [-0.39, 0.29) is 11.8 Å². The number of amides is 2. The molecule has 2 amide bonds. The van der Waals surface area contributed by atoms with Gasteiger partial charge < -0.3 is 15.1 Å². The number of hydrogen-bond acceptors (Lipinski definition) is 5. The van der Waals surface area contributed by atoms with Crippen LogP contribution in [0.5, 0.6) is 0 Å². The van der Waals surface area contributed by atoms with Gasteiger partial charge in [-0.25, -0.2) is 9.67 Å². The van der Waals surface area contributed by atoms with E-state index in [0.717, 1.165) is 5.56 Å². The second kappa shape index (κ2) is 7.43. The molecule has 0 aliphatic heterocycles. The highest BCUT2D eigenvalue weighted by Gasteiger charge is 2.17. The Balaban J connectivity index is 1.55. The average molecular weight is 339 g/mol. The van der Waals surface area contributed by atoms with Crippen LogP contribution >= 0.6 is 0 Å².